The summed E-state index contributed by atoms with van der Waals surface area (Å²) >= 11 is 1.63. The molecule has 0 saturated carbocycles. The maximum Gasteiger partial charge on any atom is 0.573 e. The third kappa shape index (κ3) is 6.61. The first-order valence-corrected chi connectivity index (χ1v) is 8.38. The molecule has 0 aliphatic carbocycles. The molecule has 0 radical (unpaired) electrons. The van der Waals surface area contributed by atoms with Gasteiger partial charge in [-0.3, -0.25) is 4.99 Å². The van der Waals surface area contributed by atoms with E-state index in [0.717, 1.165) is 16.3 Å². The van der Waals surface area contributed by atoms with Crippen molar-refractivity contribution in [2.45, 2.75) is 26.3 Å². The Balaban J connectivity index is 1.86. The van der Waals surface area contributed by atoms with Crippen LogP contribution < -0.4 is 15.4 Å². The molecule has 5 nitrogen and oxygen atoms in total. The summed E-state index contributed by atoms with van der Waals surface area (Å²) in [6, 6.07) is 6.00. The smallest absolute Gasteiger partial charge is 0.405 e. The molecule has 0 atom stereocenters. The molecule has 1 heterocycles. The minimum Gasteiger partial charge on any atom is -0.405 e. The number of guanidine groups is 1. The number of ether oxygens (including phenoxy) is 1. The Morgan fingerprint density at radius 3 is 2.68 bits per heavy atom. The van der Waals surface area contributed by atoms with Crippen LogP contribution in [0.1, 0.15) is 15.4 Å². The molecule has 25 heavy (non-hydrogen) atoms. The largest absolute Gasteiger partial charge is 0.573 e. The van der Waals surface area contributed by atoms with E-state index in [9.17, 15) is 13.2 Å². The molecular formula is C16H19F3N4OS. The predicted octanol–water partition coefficient (Wildman–Crippen LogP) is 3.26. The highest BCUT2D eigenvalue weighted by Crippen LogP contribution is 2.26. The van der Waals surface area contributed by atoms with Crippen molar-refractivity contribution in [1.29, 1.82) is 0 Å². The molecule has 0 amide bonds. The van der Waals surface area contributed by atoms with Crippen molar-refractivity contribution < 1.29 is 17.9 Å². The summed E-state index contributed by atoms with van der Waals surface area (Å²) in [5.41, 5.74) is 0.387. The van der Waals surface area contributed by atoms with Gasteiger partial charge in [0.25, 0.3) is 0 Å². The second kappa shape index (κ2) is 8.70. The number of alkyl halides is 3. The summed E-state index contributed by atoms with van der Waals surface area (Å²) in [5, 5.41) is 7.10. The minimum absolute atomic E-state index is 0.155. The van der Waals surface area contributed by atoms with Gasteiger partial charge in [0, 0.05) is 43.2 Å². The van der Waals surface area contributed by atoms with Gasteiger partial charge in [-0.2, -0.15) is 0 Å². The van der Waals surface area contributed by atoms with Crippen LogP contribution in [0.15, 0.2) is 35.5 Å². The SMILES string of the molecule is CN=C(NCCc1ncc(C)s1)NCc1ccccc1OC(F)(F)F. The van der Waals surface area contributed by atoms with Crippen molar-refractivity contribution in [2.75, 3.05) is 13.6 Å². The van der Waals surface area contributed by atoms with Gasteiger partial charge in [0.1, 0.15) is 5.75 Å². The molecule has 2 aromatic rings. The van der Waals surface area contributed by atoms with E-state index in [1.807, 2.05) is 13.1 Å². The lowest BCUT2D eigenvalue weighted by molar-refractivity contribution is -0.274. The van der Waals surface area contributed by atoms with Gasteiger partial charge < -0.3 is 15.4 Å². The number of rotatable bonds is 6. The van der Waals surface area contributed by atoms with Crippen LogP contribution in [0.25, 0.3) is 0 Å². The highest BCUT2D eigenvalue weighted by atomic mass is 32.1. The summed E-state index contributed by atoms with van der Waals surface area (Å²) in [7, 11) is 1.60. The second-order valence-corrected chi connectivity index (χ2v) is 6.44. The minimum atomic E-state index is -4.72. The maximum absolute atomic E-state index is 12.4. The van der Waals surface area contributed by atoms with Crippen molar-refractivity contribution in [1.82, 2.24) is 15.6 Å². The number of para-hydroxylation sites is 1. The van der Waals surface area contributed by atoms with Gasteiger partial charge in [-0.05, 0) is 13.0 Å². The molecular weight excluding hydrogens is 353 g/mol. The lowest BCUT2D eigenvalue weighted by atomic mass is 10.2. The van der Waals surface area contributed by atoms with Crippen LogP contribution in [0.4, 0.5) is 13.2 Å². The van der Waals surface area contributed by atoms with Gasteiger partial charge in [0.2, 0.25) is 0 Å². The number of hydrogen-bond donors (Lipinski definition) is 2. The van der Waals surface area contributed by atoms with E-state index in [2.05, 4.69) is 25.3 Å². The molecule has 2 N–H and O–H groups in total. The fourth-order valence-electron chi connectivity index (χ4n) is 2.08. The zero-order valence-electron chi connectivity index (χ0n) is 13.9. The zero-order valence-corrected chi connectivity index (χ0v) is 14.7. The van der Waals surface area contributed by atoms with E-state index in [-0.39, 0.29) is 12.3 Å². The second-order valence-electron chi connectivity index (χ2n) is 5.12. The number of hydrogen-bond acceptors (Lipinski definition) is 4. The first-order valence-electron chi connectivity index (χ1n) is 7.57. The molecule has 1 aromatic heterocycles. The topological polar surface area (TPSA) is 58.5 Å². The summed E-state index contributed by atoms with van der Waals surface area (Å²) in [4.78, 5) is 9.48. The van der Waals surface area contributed by atoms with Crippen molar-refractivity contribution >= 4 is 17.3 Å². The van der Waals surface area contributed by atoms with Gasteiger partial charge in [0.05, 0.1) is 5.01 Å². The average Bonchev–Trinajstić information content (AvgIpc) is 2.96. The number of aryl methyl sites for hydroxylation is 1. The molecule has 9 heteroatoms. The van der Waals surface area contributed by atoms with Gasteiger partial charge in [0.15, 0.2) is 5.96 Å². The summed E-state index contributed by atoms with van der Waals surface area (Å²) in [6.07, 6.45) is -2.15. The highest BCUT2D eigenvalue weighted by Gasteiger charge is 2.31. The fraction of sp³-hybridized carbons (Fsp3) is 0.375. The first-order chi connectivity index (χ1) is 11.9. The Morgan fingerprint density at radius 2 is 2.04 bits per heavy atom. The summed E-state index contributed by atoms with van der Waals surface area (Å²) < 4.78 is 41.3. The predicted molar refractivity (Wildman–Crippen MR) is 91.9 cm³/mol. The Hall–Kier alpha value is -2.29. The Kier molecular flexibility index (Phi) is 6.63. The van der Waals surface area contributed by atoms with Crippen LogP contribution in [0.3, 0.4) is 0 Å². The van der Waals surface area contributed by atoms with Crippen molar-refractivity contribution in [3.8, 4) is 5.75 Å². The summed E-state index contributed by atoms with van der Waals surface area (Å²) in [5.74, 6) is 0.270. The molecule has 0 bridgehead atoms. The molecule has 0 aliphatic heterocycles. The number of nitrogens with one attached hydrogen (secondary N) is 2. The normalized spacial score (nSPS) is 12.1. The Bertz CT molecular complexity index is 715. The monoisotopic (exact) mass is 372 g/mol. The number of aliphatic imine (C=N–C) groups is 1. The van der Waals surface area contributed by atoms with E-state index in [0.29, 0.717) is 18.1 Å². The van der Waals surface area contributed by atoms with Crippen molar-refractivity contribution in [3.63, 3.8) is 0 Å². The summed E-state index contributed by atoms with van der Waals surface area (Å²) in [6.45, 7) is 2.77. The zero-order chi connectivity index (χ0) is 18.3. The van der Waals surface area contributed by atoms with E-state index in [4.69, 9.17) is 0 Å². The van der Waals surface area contributed by atoms with Crippen molar-refractivity contribution in [3.05, 3.63) is 45.9 Å². The molecule has 2 rings (SSSR count). The van der Waals surface area contributed by atoms with Gasteiger partial charge in [-0.1, -0.05) is 18.2 Å². The Labute approximate surface area is 148 Å². The van der Waals surface area contributed by atoms with Gasteiger partial charge >= 0.3 is 6.36 Å². The van der Waals surface area contributed by atoms with Crippen LogP contribution in [-0.4, -0.2) is 30.9 Å². The number of thiazole rings is 1. The third-order valence-corrected chi connectivity index (χ3v) is 4.14. The van der Waals surface area contributed by atoms with Crippen LogP contribution in [0.2, 0.25) is 0 Å². The molecule has 0 saturated heterocycles. The standard InChI is InChI=1S/C16H19F3N4OS/c1-11-9-22-14(25-11)7-8-21-15(20-2)23-10-12-5-3-4-6-13(12)24-16(17,18)19/h3-6,9H,7-8,10H2,1-2H3,(H2,20,21,23). The van der Waals surface area contributed by atoms with Crippen molar-refractivity contribution in [2.24, 2.45) is 4.99 Å². The van der Waals surface area contributed by atoms with Crippen LogP contribution in [0, 0.1) is 6.92 Å². The van der Waals surface area contributed by atoms with E-state index < -0.39 is 6.36 Å². The fourth-order valence-corrected chi connectivity index (χ4v) is 2.87. The van der Waals surface area contributed by atoms with Gasteiger partial charge in [-0.25, -0.2) is 4.98 Å². The third-order valence-electron chi connectivity index (χ3n) is 3.17. The molecule has 136 valence electrons. The molecule has 0 spiro atoms. The average molecular weight is 372 g/mol. The lowest BCUT2D eigenvalue weighted by Crippen LogP contribution is -2.38. The highest BCUT2D eigenvalue weighted by molar-refractivity contribution is 7.11. The van der Waals surface area contributed by atoms with E-state index >= 15 is 0 Å². The van der Waals surface area contributed by atoms with Crippen LogP contribution >= 0.6 is 11.3 Å². The molecule has 1 aromatic carbocycles. The number of benzene rings is 1. The van der Waals surface area contributed by atoms with Crippen LogP contribution in [0.5, 0.6) is 5.75 Å². The quantitative estimate of drug-likeness (QED) is 0.604. The van der Waals surface area contributed by atoms with E-state index in [1.54, 1.807) is 30.5 Å². The first kappa shape index (κ1) is 19.0. The molecule has 0 aliphatic rings. The van der Waals surface area contributed by atoms with Gasteiger partial charge in [-0.15, -0.1) is 24.5 Å². The number of halogens is 3. The number of nitrogens with zero attached hydrogens (tertiary/aromatic N) is 2. The van der Waals surface area contributed by atoms with E-state index in [1.165, 1.54) is 12.1 Å². The molecule has 0 unspecified atom stereocenters. The lowest BCUT2D eigenvalue weighted by Gasteiger charge is -2.15. The molecule has 0 fully saturated rings. The van der Waals surface area contributed by atoms with Crippen LogP contribution in [-0.2, 0) is 13.0 Å². The maximum atomic E-state index is 12.4. The Morgan fingerprint density at radius 1 is 1.28 bits per heavy atom. The number of aromatic nitrogens is 1.